The van der Waals surface area contributed by atoms with Crippen molar-refractivity contribution < 1.29 is 14.7 Å². The molecule has 2 rings (SSSR count). The Morgan fingerprint density at radius 2 is 1.86 bits per heavy atom. The SMILES string of the molecule is CN1CCC(CN(C)C(=O)N2CCN(CC(=O)O)CC2)C1. The second kappa shape index (κ2) is 7.09. The molecule has 7 heteroatoms. The maximum absolute atomic E-state index is 12.4. The minimum atomic E-state index is -0.808. The van der Waals surface area contributed by atoms with Crippen LogP contribution in [-0.4, -0.2) is 103 Å². The van der Waals surface area contributed by atoms with Crippen molar-refractivity contribution in [2.45, 2.75) is 6.42 Å². The van der Waals surface area contributed by atoms with Crippen LogP contribution in [0, 0.1) is 5.92 Å². The van der Waals surface area contributed by atoms with Crippen molar-refractivity contribution in [2.24, 2.45) is 5.92 Å². The Bertz CT molecular complexity index is 382. The molecule has 2 aliphatic rings. The van der Waals surface area contributed by atoms with Gasteiger partial charge in [0, 0.05) is 46.3 Å². The molecule has 1 atom stereocenters. The highest BCUT2D eigenvalue weighted by Crippen LogP contribution is 2.16. The molecule has 0 bridgehead atoms. The lowest BCUT2D eigenvalue weighted by atomic mass is 10.1. The topological polar surface area (TPSA) is 67.3 Å². The number of carbonyl (C=O) groups excluding carboxylic acids is 1. The monoisotopic (exact) mass is 298 g/mol. The van der Waals surface area contributed by atoms with Crippen LogP contribution in [0.4, 0.5) is 4.79 Å². The van der Waals surface area contributed by atoms with Gasteiger partial charge in [-0.15, -0.1) is 0 Å². The Labute approximate surface area is 126 Å². The van der Waals surface area contributed by atoms with Gasteiger partial charge in [0.25, 0.3) is 0 Å². The standard InChI is InChI=1S/C14H26N4O3/c1-15-4-3-12(9-15)10-16(2)14(21)18-7-5-17(6-8-18)11-13(19)20/h12H,3-11H2,1-2H3,(H,19,20). The van der Waals surface area contributed by atoms with E-state index in [1.165, 1.54) is 0 Å². The average Bonchev–Trinajstić information content (AvgIpc) is 2.83. The summed E-state index contributed by atoms with van der Waals surface area (Å²) in [4.78, 5) is 30.9. The first kappa shape index (κ1) is 16.0. The molecule has 0 spiro atoms. The van der Waals surface area contributed by atoms with Gasteiger partial charge >= 0.3 is 12.0 Å². The molecule has 1 unspecified atom stereocenters. The number of carbonyl (C=O) groups is 2. The molecule has 2 amide bonds. The van der Waals surface area contributed by atoms with Crippen LogP contribution in [0.5, 0.6) is 0 Å². The summed E-state index contributed by atoms with van der Waals surface area (Å²) in [6, 6.07) is 0.0690. The van der Waals surface area contributed by atoms with Crippen molar-refractivity contribution in [1.29, 1.82) is 0 Å². The second-order valence-corrected chi connectivity index (χ2v) is 6.24. The smallest absolute Gasteiger partial charge is 0.319 e. The molecular formula is C14H26N4O3. The number of nitrogens with zero attached hydrogens (tertiary/aromatic N) is 4. The van der Waals surface area contributed by atoms with Crippen LogP contribution in [0.25, 0.3) is 0 Å². The summed E-state index contributed by atoms with van der Waals surface area (Å²) in [6.07, 6.45) is 1.15. The van der Waals surface area contributed by atoms with Crippen molar-refractivity contribution in [3.63, 3.8) is 0 Å². The van der Waals surface area contributed by atoms with E-state index in [1.807, 2.05) is 21.7 Å². The number of likely N-dealkylation sites (tertiary alicyclic amines) is 1. The number of hydrogen-bond acceptors (Lipinski definition) is 4. The van der Waals surface area contributed by atoms with Crippen LogP contribution in [0.15, 0.2) is 0 Å². The second-order valence-electron chi connectivity index (χ2n) is 6.24. The fraction of sp³-hybridized carbons (Fsp3) is 0.857. The Balaban J connectivity index is 1.74. The molecule has 1 N–H and O–H groups in total. The minimum Gasteiger partial charge on any atom is -0.480 e. The highest BCUT2D eigenvalue weighted by molar-refractivity contribution is 5.74. The van der Waals surface area contributed by atoms with Gasteiger partial charge in [-0.05, 0) is 25.9 Å². The molecule has 120 valence electrons. The maximum Gasteiger partial charge on any atom is 0.319 e. The predicted octanol–water partition coefficient (Wildman–Crippen LogP) is -0.308. The van der Waals surface area contributed by atoms with Gasteiger partial charge in [-0.1, -0.05) is 0 Å². The van der Waals surface area contributed by atoms with Gasteiger partial charge in [-0.25, -0.2) is 4.79 Å². The third-order valence-corrected chi connectivity index (χ3v) is 4.35. The van der Waals surface area contributed by atoms with Crippen LogP contribution in [0.3, 0.4) is 0 Å². The van der Waals surface area contributed by atoms with E-state index < -0.39 is 5.97 Å². The highest BCUT2D eigenvalue weighted by atomic mass is 16.4. The highest BCUT2D eigenvalue weighted by Gasteiger charge is 2.27. The molecule has 0 aromatic carbocycles. The molecule has 2 heterocycles. The molecule has 0 aromatic rings. The number of hydrogen-bond donors (Lipinski definition) is 1. The third kappa shape index (κ3) is 4.57. The third-order valence-electron chi connectivity index (χ3n) is 4.35. The number of rotatable bonds is 4. The van der Waals surface area contributed by atoms with Gasteiger partial charge in [0.05, 0.1) is 6.54 Å². The molecule has 7 nitrogen and oxygen atoms in total. The molecule has 2 fully saturated rings. The average molecular weight is 298 g/mol. The lowest BCUT2D eigenvalue weighted by Crippen LogP contribution is -2.53. The van der Waals surface area contributed by atoms with Crippen molar-refractivity contribution in [3.8, 4) is 0 Å². The van der Waals surface area contributed by atoms with E-state index in [0.717, 1.165) is 26.1 Å². The van der Waals surface area contributed by atoms with Crippen LogP contribution >= 0.6 is 0 Å². The summed E-state index contributed by atoms with van der Waals surface area (Å²) in [5, 5.41) is 8.78. The Hall–Kier alpha value is -1.34. The van der Waals surface area contributed by atoms with Crippen LogP contribution in [0.2, 0.25) is 0 Å². The Morgan fingerprint density at radius 1 is 1.19 bits per heavy atom. The summed E-state index contributed by atoms with van der Waals surface area (Å²) in [7, 11) is 3.98. The van der Waals surface area contributed by atoms with E-state index in [4.69, 9.17) is 5.11 Å². The molecule has 0 aromatic heterocycles. The zero-order chi connectivity index (χ0) is 15.4. The Kier molecular flexibility index (Phi) is 5.41. The zero-order valence-corrected chi connectivity index (χ0v) is 13.0. The number of piperazine rings is 1. The van der Waals surface area contributed by atoms with Crippen molar-refractivity contribution >= 4 is 12.0 Å². The van der Waals surface area contributed by atoms with Gasteiger partial charge in [-0.2, -0.15) is 0 Å². The number of amides is 2. The summed E-state index contributed by atoms with van der Waals surface area (Å²) >= 11 is 0. The summed E-state index contributed by atoms with van der Waals surface area (Å²) in [5.74, 6) is -0.241. The van der Waals surface area contributed by atoms with Crippen LogP contribution in [0.1, 0.15) is 6.42 Å². The lowest BCUT2D eigenvalue weighted by Gasteiger charge is -2.36. The quantitative estimate of drug-likeness (QED) is 0.771. The molecule has 21 heavy (non-hydrogen) atoms. The first-order chi connectivity index (χ1) is 9.95. The molecule has 0 saturated carbocycles. The molecule has 0 aliphatic carbocycles. The van der Waals surface area contributed by atoms with E-state index in [1.54, 1.807) is 0 Å². The molecule has 0 radical (unpaired) electrons. The number of aliphatic carboxylic acids is 1. The number of urea groups is 1. The molecule has 2 saturated heterocycles. The fourth-order valence-corrected chi connectivity index (χ4v) is 3.17. The van der Waals surface area contributed by atoms with Crippen LogP contribution < -0.4 is 0 Å². The predicted molar refractivity (Wildman–Crippen MR) is 79.3 cm³/mol. The van der Waals surface area contributed by atoms with E-state index in [0.29, 0.717) is 32.1 Å². The van der Waals surface area contributed by atoms with E-state index in [-0.39, 0.29) is 12.6 Å². The zero-order valence-electron chi connectivity index (χ0n) is 13.0. The first-order valence-corrected chi connectivity index (χ1v) is 7.58. The van der Waals surface area contributed by atoms with Gasteiger partial charge in [-0.3, -0.25) is 9.69 Å². The first-order valence-electron chi connectivity index (χ1n) is 7.58. The van der Waals surface area contributed by atoms with Gasteiger partial charge in [0.15, 0.2) is 0 Å². The largest absolute Gasteiger partial charge is 0.480 e. The van der Waals surface area contributed by atoms with E-state index >= 15 is 0 Å². The van der Waals surface area contributed by atoms with Crippen molar-refractivity contribution in [1.82, 2.24) is 19.6 Å². The van der Waals surface area contributed by atoms with Crippen LogP contribution in [-0.2, 0) is 4.79 Å². The van der Waals surface area contributed by atoms with E-state index in [2.05, 4.69) is 11.9 Å². The van der Waals surface area contributed by atoms with Crippen molar-refractivity contribution in [2.75, 3.05) is 66.5 Å². The summed E-state index contributed by atoms with van der Waals surface area (Å²) in [5.41, 5.74) is 0. The lowest BCUT2D eigenvalue weighted by molar-refractivity contribution is -0.138. The maximum atomic E-state index is 12.4. The van der Waals surface area contributed by atoms with Gasteiger partial charge in [0.1, 0.15) is 0 Å². The van der Waals surface area contributed by atoms with Gasteiger partial charge in [0.2, 0.25) is 0 Å². The Morgan fingerprint density at radius 3 is 2.38 bits per heavy atom. The van der Waals surface area contributed by atoms with Crippen molar-refractivity contribution in [3.05, 3.63) is 0 Å². The minimum absolute atomic E-state index is 0.0618. The number of carboxylic acid groups (broad SMARTS) is 1. The van der Waals surface area contributed by atoms with E-state index in [9.17, 15) is 9.59 Å². The van der Waals surface area contributed by atoms with Gasteiger partial charge < -0.3 is 19.8 Å². The number of carboxylic acids is 1. The summed E-state index contributed by atoms with van der Waals surface area (Å²) in [6.45, 7) is 5.54. The fourth-order valence-electron chi connectivity index (χ4n) is 3.17. The normalized spacial score (nSPS) is 24.3. The molecule has 2 aliphatic heterocycles. The molecular weight excluding hydrogens is 272 g/mol. The summed E-state index contributed by atoms with van der Waals surface area (Å²) < 4.78 is 0.